The van der Waals surface area contributed by atoms with Gasteiger partial charge in [0.15, 0.2) is 0 Å². The van der Waals surface area contributed by atoms with Gasteiger partial charge in [0, 0.05) is 12.8 Å². The van der Waals surface area contributed by atoms with Gasteiger partial charge in [0.25, 0.3) is 0 Å². The first-order chi connectivity index (χ1) is 11.4. The van der Waals surface area contributed by atoms with Crippen molar-refractivity contribution in [2.75, 3.05) is 0 Å². The Kier molecular flexibility index (Phi) is 8.47. The molecule has 0 aromatic heterocycles. The van der Waals surface area contributed by atoms with Crippen LogP contribution in [-0.2, 0) is 37.1 Å². The van der Waals surface area contributed by atoms with Crippen LogP contribution in [0.4, 0.5) is 0 Å². The van der Waals surface area contributed by atoms with E-state index in [2.05, 4.69) is 6.58 Å². The standard InChI is InChI=1S/C19H24O5/c1-14(2)8-10-18(21)23-12-16-6-4-5-7-17(16)13-24-19(22)11-9-15(3)20/h4-7H,1,8-13H2,2-3H3. The monoisotopic (exact) mass is 332 g/mol. The highest BCUT2D eigenvalue weighted by Crippen LogP contribution is 2.13. The Morgan fingerprint density at radius 3 is 1.71 bits per heavy atom. The fourth-order valence-electron chi connectivity index (χ4n) is 1.89. The van der Waals surface area contributed by atoms with Gasteiger partial charge in [-0.2, -0.15) is 0 Å². The number of carbonyl (C=O) groups excluding carboxylic acids is 3. The molecule has 5 nitrogen and oxygen atoms in total. The molecule has 24 heavy (non-hydrogen) atoms. The number of esters is 2. The Morgan fingerprint density at radius 1 is 0.833 bits per heavy atom. The van der Waals surface area contributed by atoms with E-state index in [1.54, 1.807) is 0 Å². The summed E-state index contributed by atoms with van der Waals surface area (Å²) >= 11 is 0. The van der Waals surface area contributed by atoms with E-state index in [9.17, 15) is 14.4 Å². The van der Waals surface area contributed by atoms with E-state index in [1.165, 1.54) is 6.92 Å². The van der Waals surface area contributed by atoms with Gasteiger partial charge < -0.3 is 14.3 Å². The number of ether oxygens (including phenoxy) is 2. The molecule has 0 radical (unpaired) electrons. The molecule has 0 bridgehead atoms. The molecule has 0 unspecified atom stereocenters. The number of rotatable bonds is 10. The summed E-state index contributed by atoms with van der Waals surface area (Å²) in [7, 11) is 0. The number of hydrogen-bond acceptors (Lipinski definition) is 5. The Hall–Kier alpha value is -2.43. The van der Waals surface area contributed by atoms with E-state index in [-0.39, 0.29) is 37.8 Å². The van der Waals surface area contributed by atoms with Gasteiger partial charge in [-0.3, -0.25) is 9.59 Å². The second-order valence-corrected chi connectivity index (χ2v) is 5.75. The molecule has 0 saturated carbocycles. The summed E-state index contributed by atoms with van der Waals surface area (Å²) in [6, 6.07) is 7.29. The van der Waals surface area contributed by atoms with Gasteiger partial charge in [-0.25, -0.2) is 0 Å². The summed E-state index contributed by atoms with van der Waals surface area (Å²) in [6.07, 6.45) is 1.17. The van der Waals surface area contributed by atoms with E-state index in [0.29, 0.717) is 12.8 Å². The predicted molar refractivity (Wildman–Crippen MR) is 90.0 cm³/mol. The molecule has 1 aromatic rings. The van der Waals surface area contributed by atoms with Crippen molar-refractivity contribution in [3.63, 3.8) is 0 Å². The molecule has 1 rings (SSSR count). The molecule has 5 heteroatoms. The van der Waals surface area contributed by atoms with Crippen LogP contribution in [0.25, 0.3) is 0 Å². The first-order valence-corrected chi connectivity index (χ1v) is 7.90. The molecule has 0 N–H and O–H groups in total. The third-order valence-electron chi connectivity index (χ3n) is 3.33. The van der Waals surface area contributed by atoms with Crippen molar-refractivity contribution >= 4 is 17.7 Å². The summed E-state index contributed by atoms with van der Waals surface area (Å²) in [5.74, 6) is -0.751. The van der Waals surface area contributed by atoms with Crippen LogP contribution in [0.5, 0.6) is 0 Å². The SMILES string of the molecule is C=C(C)CCC(=O)OCc1ccccc1COC(=O)CCC(C)=O. The minimum Gasteiger partial charge on any atom is -0.461 e. The van der Waals surface area contributed by atoms with Crippen molar-refractivity contribution in [2.24, 2.45) is 0 Å². The average molecular weight is 332 g/mol. The van der Waals surface area contributed by atoms with Crippen molar-refractivity contribution < 1.29 is 23.9 Å². The van der Waals surface area contributed by atoms with Gasteiger partial charge in [0.2, 0.25) is 0 Å². The maximum Gasteiger partial charge on any atom is 0.306 e. The van der Waals surface area contributed by atoms with E-state index >= 15 is 0 Å². The fraction of sp³-hybridized carbons (Fsp3) is 0.421. The third kappa shape index (κ3) is 8.27. The third-order valence-corrected chi connectivity index (χ3v) is 3.33. The Morgan fingerprint density at radius 2 is 1.29 bits per heavy atom. The van der Waals surface area contributed by atoms with Gasteiger partial charge in [0.1, 0.15) is 19.0 Å². The quantitative estimate of drug-likeness (QED) is 0.484. The maximum absolute atomic E-state index is 11.7. The van der Waals surface area contributed by atoms with Crippen LogP contribution >= 0.6 is 0 Å². The van der Waals surface area contributed by atoms with E-state index in [4.69, 9.17) is 9.47 Å². The molecule has 0 amide bonds. The summed E-state index contributed by atoms with van der Waals surface area (Å²) < 4.78 is 10.4. The number of hydrogen-bond donors (Lipinski definition) is 0. The molecule has 0 saturated heterocycles. The topological polar surface area (TPSA) is 69.7 Å². The smallest absolute Gasteiger partial charge is 0.306 e. The molecule has 0 aliphatic heterocycles. The summed E-state index contributed by atoms with van der Waals surface area (Å²) in [6.45, 7) is 7.28. The summed E-state index contributed by atoms with van der Waals surface area (Å²) in [5.41, 5.74) is 2.51. The van der Waals surface area contributed by atoms with Crippen molar-refractivity contribution in [3.05, 3.63) is 47.5 Å². The molecule has 0 atom stereocenters. The molecule has 130 valence electrons. The Labute approximate surface area is 142 Å². The number of Topliss-reactive ketones (excluding diaryl/α,β-unsaturated/α-hetero) is 1. The lowest BCUT2D eigenvalue weighted by molar-refractivity contribution is -0.147. The second kappa shape index (κ2) is 10.4. The highest BCUT2D eigenvalue weighted by Gasteiger charge is 2.10. The molecule has 0 fully saturated rings. The average Bonchev–Trinajstić information content (AvgIpc) is 2.55. The van der Waals surface area contributed by atoms with Crippen LogP contribution in [0, 0.1) is 0 Å². The lowest BCUT2D eigenvalue weighted by Crippen LogP contribution is -2.09. The molecular formula is C19H24O5. The number of allylic oxidation sites excluding steroid dienone is 1. The highest BCUT2D eigenvalue weighted by atomic mass is 16.5. The van der Waals surface area contributed by atoms with Crippen LogP contribution in [-0.4, -0.2) is 17.7 Å². The maximum atomic E-state index is 11.7. The molecule has 0 spiro atoms. The molecule has 0 aliphatic rings. The van der Waals surface area contributed by atoms with Crippen LogP contribution < -0.4 is 0 Å². The normalized spacial score (nSPS) is 10.1. The van der Waals surface area contributed by atoms with Gasteiger partial charge in [-0.15, -0.1) is 6.58 Å². The second-order valence-electron chi connectivity index (χ2n) is 5.75. The van der Waals surface area contributed by atoms with Crippen LogP contribution in [0.15, 0.2) is 36.4 Å². The number of benzene rings is 1. The Balaban J connectivity index is 2.49. The lowest BCUT2D eigenvalue weighted by Gasteiger charge is -2.11. The van der Waals surface area contributed by atoms with Crippen molar-refractivity contribution in [2.45, 2.75) is 52.7 Å². The highest BCUT2D eigenvalue weighted by molar-refractivity contribution is 5.80. The first kappa shape index (κ1) is 19.6. The van der Waals surface area contributed by atoms with E-state index in [1.807, 2.05) is 31.2 Å². The first-order valence-electron chi connectivity index (χ1n) is 7.90. The predicted octanol–water partition coefficient (Wildman–Crippen LogP) is 3.50. The van der Waals surface area contributed by atoms with Crippen molar-refractivity contribution in [3.8, 4) is 0 Å². The zero-order valence-corrected chi connectivity index (χ0v) is 14.3. The summed E-state index contributed by atoms with van der Waals surface area (Å²) in [4.78, 5) is 34.1. The zero-order valence-electron chi connectivity index (χ0n) is 14.3. The van der Waals surface area contributed by atoms with Crippen molar-refractivity contribution in [1.82, 2.24) is 0 Å². The zero-order chi connectivity index (χ0) is 17.9. The summed E-state index contributed by atoms with van der Waals surface area (Å²) in [5, 5.41) is 0. The van der Waals surface area contributed by atoms with Gasteiger partial charge in [-0.05, 0) is 31.4 Å². The minimum atomic E-state index is -0.418. The Bertz CT molecular complexity index is 551. The molecule has 0 heterocycles. The fourth-order valence-corrected chi connectivity index (χ4v) is 1.89. The lowest BCUT2D eigenvalue weighted by atomic mass is 10.1. The number of ketones is 1. The minimum absolute atomic E-state index is 0.0472. The molecule has 0 aliphatic carbocycles. The molecule has 1 aromatic carbocycles. The largest absolute Gasteiger partial charge is 0.461 e. The van der Waals surface area contributed by atoms with Gasteiger partial charge in [-0.1, -0.05) is 29.8 Å². The van der Waals surface area contributed by atoms with Crippen LogP contribution in [0.3, 0.4) is 0 Å². The van der Waals surface area contributed by atoms with E-state index < -0.39 is 5.97 Å². The van der Waals surface area contributed by atoms with Gasteiger partial charge in [0.05, 0.1) is 6.42 Å². The van der Waals surface area contributed by atoms with E-state index in [0.717, 1.165) is 16.7 Å². The van der Waals surface area contributed by atoms with Crippen molar-refractivity contribution in [1.29, 1.82) is 0 Å². The number of carbonyl (C=O) groups is 3. The van der Waals surface area contributed by atoms with Gasteiger partial charge >= 0.3 is 11.9 Å². The van der Waals surface area contributed by atoms with Crippen LogP contribution in [0.2, 0.25) is 0 Å². The van der Waals surface area contributed by atoms with Crippen LogP contribution in [0.1, 0.15) is 50.7 Å². The molecular weight excluding hydrogens is 308 g/mol.